The predicted octanol–water partition coefficient (Wildman–Crippen LogP) is 6.60. The maximum Gasteiger partial charge on any atom is 0.0948 e. The van der Waals surface area contributed by atoms with Crippen LogP contribution in [0, 0.1) is 0 Å². The highest BCUT2D eigenvalue weighted by molar-refractivity contribution is 5.95. The lowest BCUT2D eigenvalue weighted by Crippen LogP contribution is -1.82. The van der Waals surface area contributed by atoms with Gasteiger partial charge in [0, 0.05) is 23.9 Å². The first-order chi connectivity index (χ1) is 13.8. The summed E-state index contributed by atoms with van der Waals surface area (Å²) in [4.78, 5) is 21.7. The second-order valence-corrected chi connectivity index (χ2v) is 6.64. The molecule has 0 saturated heterocycles. The van der Waals surface area contributed by atoms with Crippen molar-refractivity contribution in [3.8, 4) is 0 Å². The van der Waals surface area contributed by atoms with E-state index in [1.54, 1.807) is 0 Å². The molecule has 5 nitrogen and oxygen atoms in total. The first-order valence-corrected chi connectivity index (χ1v) is 9.89. The fourth-order valence-corrected chi connectivity index (χ4v) is 2.70. The average Bonchev–Trinajstić information content (AvgIpc) is 2.72. The zero-order chi connectivity index (χ0) is 19.6. The minimum Gasteiger partial charge on any atom is -0.248 e. The largest absolute Gasteiger partial charge is 0.248 e. The molecule has 0 saturated carbocycles. The minimum atomic E-state index is 0.765. The Morgan fingerprint density at radius 2 is 1.21 bits per heavy atom. The molecule has 0 amide bonds. The summed E-state index contributed by atoms with van der Waals surface area (Å²) >= 11 is 0. The molecule has 0 aliphatic rings. The molecule has 0 N–H and O–H groups in total. The lowest BCUT2D eigenvalue weighted by Gasteiger charge is -2.03. The molecule has 142 valence electrons. The van der Waals surface area contributed by atoms with Gasteiger partial charge in [-0.05, 0) is 43.2 Å². The molecule has 3 rings (SSSR count). The number of fused-ring (bicyclic) bond motifs is 2. The van der Waals surface area contributed by atoms with Crippen LogP contribution in [0.4, 0.5) is 11.4 Å². The highest BCUT2D eigenvalue weighted by Gasteiger charge is 2.02. The number of aromatic nitrogens is 1. The van der Waals surface area contributed by atoms with Crippen LogP contribution in [0.25, 0.3) is 21.8 Å². The summed E-state index contributed by atoms with van der Waals surface area (Å²) in [5.74, 6) is 0. The summed E-state index contributed by atoms with van der Waals surface area (Å²) in [7, 11) is 0. The Bertz CT molecular complexity index is 988. The molecule has 0 bridgehead atoms. The van der Waals surface area contributed by atoms with E-state index in [1.165, 1.54) is 0 Å². The van der Waals surface area contributed by atoms with Crippen LogP contribution in [0.3, 0.4) is 0 Å². The van der Waals surface area contributed by atoms with E-state index in [2.05, 4.69) is 51.9 Å². The molecule has 0 aliphatic carbocycles. The molecular weight excluding hydrogens is 346 g/mol. The van der Waals surface area contributed by atoms with E-state index < -0.39 is 0 Å². The number of benzene rings is 2. The van der Waals surface area contributed by atoms with Crippen LogP contribution in [0.2, 0.25) is 0 Å². The van der Waals surface area contributed by atoms with Crippen molar-refractivity contribution in [3.63, 3.8) is 0 Å². The van der Waals surface area contributed by atoms with Crippen LogP contribution >= 0.6 is 0 Å². The number of hydrogen-bond acceptors (Lipinski definition) is 5. The normalized spacial score (nSPS) is 10.4. The van der Waals surface area contributed by atoms with E-state index in [-0.39, 0.29) is 0 Å². The van der Waals surface area contributed by atoms with Crippen molar-refractivity contribution in [1.29, 1.82) is 0 Å². The standard InChI is InChI=1S/C23H25N5/c1-3-5-11-24-16-26-20-9-7-18-13-19-8-10-21(27-17-25-12-6-4-2)15-23(19)28-22(18)14-20/h7-10,13-15H,3-6,11-12H2,1-2H3. The molecule has 1 heterocycles. The molecule has 0 fully saturated rings. The van der Waals surface area contributed by atoms with Crippen molar-refractivity contribution >= 4 is 45.2 Å². The Hall–Kier alpha value is -3.13. The van der Waals surface area contributed by atoms with Gasteiger partial charge in [-0.3, -0.25) is 0 Å². The third-order valence-electron chi connectivity index (χ3n) is 4.33. The summed E-state index contributed by atoms with van der Waals surface area (Å²) < 4.78 is 0. The summed E-state index contributed by atoms with van der Waals surface area (Å²) in [6.07, 6.45) is 4.35. The Kier molecular flexibility index (Phi) is 7.20. The second-order valence-electron chi connectivity index (χ2n) is 6.64. The highest BCUT2D eigenvalue weighted by atomic mass is 14.8. The zero-order valence-corrected chi connectivity index (χ0v) is 16.5. The van der Waals surface area contributed by atoms with Gasteiger partial charge < -0.3 is 0 Å². The molecule has 0 unspecified atom stereocenters. The van der Waals surface area contributed by atoms with Crippen molar-refractivity contribution in [3.05, 3.63) is 42.5 Å². The van der Waals surface area contributed by atoms with Crippen molar-refractivity contribution in [2.75, 3.05) is 13.1 Å². The van der Waals surface area contributed by atoms with E-state index in [0.29, 0.717) is 0 Å². The SMILES string of the molecule is CCCCN=C=Nc1ccc2cc3ccc(N=C=NCCCC)cc3nc2c1. The van der Waals surface area contributed by atoms with Gasteiger partial charge in [-0.1, -0.05) is 38.8 Å². The third kappa shape index (κ3) is 5.43. The van der Waals surface area contributed by atoms with Gasteiger partial charge in [-0.2, -0.15) is 9.98 Å². The Balaban J connectivity index is 1.87. The van der Waals surface area contributed by atoms with Crippen molar-refractivity contribution < 1.29 is 0 Å². The number of nitrogens with zero attached hydrogens (tertiary/aromatic N) is 5. The van der Waals surface area contributed by atoms with E-state index >= 15 is 0 Å². The minimum absolute atomic E-state index is 0.765. The van der Waals surface area contributed by atoms with Crippen LogP contribution in [0.15, 0.2) is 62.4 Å². The molecule has 3 aromatic rings. The maximum absolute atomic E-state index is 4.78. The van der Waals surface area contributed by atoms with E-state index in [1.807, 2.05) is 36.4 Å². The highest BCUT2D eigenvalue weighted by Crippen LogP contribution is 2.26. The van der Waals surface area contributed by atoms with Gasteiger partial charge >= 0.3 is 0 Å². The molecule has 5 heteroatoms. The number of unbranched alkanes of at least 4 members (excludes halogenated alkanes) is 2. The lowest BCUT2D eigenvalue weighted by molar-refractivity contribution is 0.810. The molecule has 2 aromatic carbocycles. The monoisotopic (exact) mass is 371 g/mol. The van der Waals surface area contributed by atoms with Crippen LogP contribution in [0.1, 0.15) is 39.5 Å². The average molecular weight is 371 g/mol. The fraction of sp³-hybridized carbons (Fsp3) is 0.348. The van der Waals surface area contributed by atoms with Crippen LogP contribution in [-0.2, 0) is 0 Å². The summed E-state index contributed by atoms with van der Waals surface area (Å²) in [5, 5.41) is 2.15. The topological polar surface area (TPSA) is 62.3 Å². The number of aliphatic imine (C=N–C) groups is 4. The second kappa shape index (κ2) is 10.3. The molecular formula is C23H25N5. The van der Waals surface area contributed by atoms with E-state index in [9.17, 15) is 0 Å². The lowest BCUT2D eigenvalue weighted by atomic mass is 10.1. The van der Waals surface area contributed by atoms with Gasteiger partial charge in [-0.25, -0.2) is 15.0 Å². The smallest absolute Gasteiger partial charge is 0.0948 e. The first kappa shape index (κ1) is 19.6. The van der Waals surface area contributed by atoms with Crippen molar-refractivity contribution in [2.45, 2.75) is 39.5 Å². The Labute approximate surface area is 165 Å². The summed E-state index contributed by atoms with van der Waals surface area (Å²) in [5.41, 5.74) is 3.39. The van der Waals surface area contributed by atoms with Gasteiger partial charge in [0.05, 0.1) is 34.4 Å². The van der Waals surface area contributed by atoms with Crippen molar-refractivity contribution in [2.24, 2.45) is 20.0 Å². The van der Waals surface area contributed by atoms with Crippen LogP contribution < -0.4 is 0 Å². The summed E-state index contributed by atoms with van der Waals surface area (Å²) in [6.45, 7) is 5.81. The van der Waals surface area contributed by atoms with Gasteiger partial charge in [-0.15, -0.1) is 0 Å². The van der Waals surface area contributed by atoms with Gasteiger partial charge in [0.25, 0.3) is 0 Å². The number of rotatable bonds is 8. The number of pyridine rings is 1. The Morgan fingerprint density at radius 1 is 0.714 bits per heavy atom. The molecule has 0 spiro atoms. The third-order valence-corrected chi connectivity index (χ3v) is 4.33. The van der Waals surface area contributed by atoms with Crippen LogP contribution in [-0.4, -0.2) is 30.1 Å². The number of hydrogen-bond donors (Lipinski definition) is 0. The van der Waals surface area contributed by atoms with Gasteiger partial charge in [0.2, 0.25) is 0 Å². The first-order valence-electron chi connectivity index (χ1n) is 9.89. The Morgan fingerprint density at radius 3 is 1.68 bits per heavy atom. The predicted molar refractivity (Wildman–Crippen MR) is 118 cm³/mol. The molecule has 0 aliphatic heterocycles. The summed E-state index contributed by atoms with van der Waals surface area (Å²) in [6, 6.07) is 19.6. The van der Waals surface area contributed by atoms with Gasteiger partial charge in [0.15, 0.2) is 0 Å². The van der Waals surface area contributed by atoms with Crippen LogP contribution in [0.5, 0.6) is 0 Å². The van der Waals surface area contributed by atoms with Gasteiger partial charge in [0.1, 0.15) is 0 Å². The maximum atomic E-state index is 4.78. The molecule has 0 atom stereocenters. The molecule has 1 aromatic heterocycles. The molecule has 28 heavy (non-hydrogen) atoms. The quantitative estimate of drug-likeness (QED) is 0.250. The van der Waals surface area contributed by atoms with E-state index in [4.69, 9.17) is 4.98 Å². The zero-order valence-electron chi connectivity index (χ0n) is 16.5. The van der Waals surface area contributed by atoms with E-state index in [0.717, 1.165) is 72.0 Å². The van der Waals surface area contributed by atoms with Crippen molar-refractivity contribution in [1.82, 2.24) is 4.98 Å². The molecule has 0 radical (unpaired) electrons. The fourth-order valence-electron chi connectivity index (χ4n) is 2.70.